The summed E-state index contributed by atoms with van der Waals surface area (Å²) in [5, 5.41) is 11.1. The zero-order valence-electron chi connectivity index (χ0n) is 27.5. The van der Waals surface area contributed by atoms with Crippen LogP contribution in [-0.2, 0) is 28.4 Å². The summed E-state index contributed by atoms with van der Waals surface area (Å²) in [7, 11) is -0.325. The molecule has 0 saturated carbocycles. The molecule has 1 aliphatic heterocycles. The molecule has 0 bridgehead atoms. The zero-order valence-corrected chi connectivity index (χ0v) is 29.9. The van der Waals surface area contributed by atoms with Crippen LogP contribution in [0.2, 0.25) is 10.0 Å². The number of benzene rings is 2. The smallest absolute Gasteiger partial charge is 0.280 e. The number of hydrogen-bond acceptors (Lipinski definition) is 8. The van der Waals surface area contributed by atoms with Crippen LogP contribution in [0.15, 0.2) is 53.9 Å². The average molecular weight is 711 g/mol. The molecule has 2 aromatic carbocycles. The van der Waals surface area contributed by atoms with Gasteiger partial charge in [-0.3, -0.25) is 14.4 Å². The van der Waals surface area contributed by atoms with Gasteiger partial charge in [0, 0.05) is 51.1 Å². The summed E-state index contributed by atoms with van der Waals surface area (Å²) in [5.74, 6) is -0.168. The van der Waals surface area contributed by atoms with Gasteiger partial charge >= 0.3 is 0 Å². The maximum Gasteiger partial charge on any atom is 0.280 e. The first-order valence-electron chi connectivity index (χ1n) is 15.7. The summed E-state index contributed by atoms with van der Waals surface area (Å²) >= 11 is 12.4. The number of aliphatic hydroxyl groups excluding tert-OH is 1. The van der Waals surface area contributed by atoms with Crippen molar-refractivity contribution in [3.05, 3.63) is 70.1 Å². The molecule has 14 heteroatoms. The van der Waals surface area contributed by atoms with Crippen molar-refractivity contribution in [1.82, 2.24) is 19.4 Å². The number of anilines is 1. The van der Waals surface area contributed by atoms with Crippen LogP contribution in [0.25, 0.3) is 0 Å². The van der Waals surface area contributed by atoms with Crippen molar-refractivity contribution in [1.29, 1.82) is 0 Å². The summed E-state index contributed by atoms with van der Waals surface area (Å²) in [6.45, 7) is 7.54. The standard InChI is InChI=1S/C33H45Cl2N5O6S/c1-22-16-40(23(2)20-41)33(42)27-15-26(37-47(43,44)32-19-39(5)21-36-32)10-12-30(27)46-24(3)8-6-7-13-45-31(22)18-38(4)17-25-9-11-28(34)29(35)14-25/h9-12,14-15,19,21-24,31,37,41H,6-8,13,16-18,20H2,1-5H3/t22-,23+,24+,31+/m0/s1. The Hall–Kier alpha value is -2.87. The minimum Gasteiger partial charge on any atom is -0.490 e. The van der Waals surface area contributed by atoms with Crippen LogP contribution in [0.1, 0.15) is 56.0 Å². The van der Waals surface area contributed by atoms with Crippen molar-refractivity contribution in [3.63, 3.8) is 0 Å². The number of imidazole rings is 1. The maximum atomic E-state index is 14.3. The molecule has 11 nitrogen and oxygen atoms in total. The molecule has 0 saturated heterocycles. The number of carbonyl (C=O) groups is 1. The first-order valence-corrected chi connectivity index (χ1v) is 18.0. The molecule has 258 valence electrons. The SMILES string of the molecule is C[C@@H]1CCCCO[C@H](CN(C)Cc2ccc(Cl)c(Cl)c2)[C@@H](C)CN([C@H](C)CO)C(=O)c2cc(NS(=O)(=O)c3cn(C)cn3)ccc2O1. The van der Waals surface area contributed by atoms with E-state index in [0.29, 0.717) is 35.5 Å². The van der Waals surface area contributed by atoms with Gasteiger partial charge in [0.15, 0.2) is 5.03 Å². The molecule has 1 aromatic heterocycles. The van der Waals surface area contributed by atoms with Gasteiger partial charge in [-0.25, -0.2) is 4.98 Å². The Bertz CT molecular complexity index is 1620. The Labute approximate surface area is 287 Å². The molecule has 0 fully saturated rings. The van der Waals surface area contributed by atoms with Crippen LogP contribution in [0, 0.1) is 5.92 Å². The van der Waals surface area contributed by atoms with Gasteiger partial charge in [-0.2, -0.15) is 8.42 Å². The van der Waals surface area contributed by atoms with Gasteiger partial charge in [-0.05, 0) is 76.1 Å². The normalized spacial score (nSPS) is 20.7. The number of halogens is 2. The number of rotatable bonds is 9. The molecule has 2 heterocycles. The average Bonchev–Trinajstić information content (AvgIpc) is 3.47. The largest absolute Gasteiger partial charge is 0.490 e. The number of aryl methyl sites for hydroxylation is 1. The number of aliphatic hydroxyl groups is 1. The fourth-order valence-corrected chi connectivity index (χ4v) is 6.86. The molecule has 0 radical (unpaired) electrons. The summed E-state index contributed by atoms with van der Waals surface area (Å²) < 4.78 is 42.9. The van der Waals surface area contributed by atoms with Crippen molar-refractivity contribution in [3.8, 4) is 5.75 Å². The van der Waals surface area contributed by atoms with Crippen molar-refractivity contribution in [2.45, 2.75) is 69.9 Å². The lowest BCUT2D eigenvalue weighted by molar-refractivity contribution is -0.0177. The summed E-state index contributed by atoms with van der Waals surface area (Å²) in [6, 6.07) is 9.71. The molecule has 0 spiro atoms. The van der Waals surface area contributed by atoms with E-state index in [1.807, 2.05) is 33.0 Å². The van der Waals surface area contributed by atoms with Crippen LogP contribution >= 0.6 is 23.2 Å². The lowest BCUT2D eigenvalue weighted by atomic mass is 10.0. The number of nitrogens with one attached hydrogen (secondary N) is 1. The maximum absolute atomic E-state index is 14.3. The molecule has 0 unspecified atom stereocenters. The number of nitrogens with zero attached hydrogens (tertiary/aromatic N) is 4. The summed E-state index contributed by atoms with van der Waals surface area (Å²) in [4.78, 5) is 22.1. The third-order valence-corrected chi connectivity index (χ3v) is 10.2. The van der Waals surface area contributed by atoms with Gasteiger partial charge < -0.3 is 24.0 Å². The predicted molar refractivity (Wildman–Crippen MR) is 184 cm³/mol. The first-order chi connectivity index (χ1) is 22.3. The molecule has 1 aliphatic rings. The van der Waals surface area contributed by atoms with Gasteiger partial charge in [0.05, 0.1) is 46.8 Å². The number of fused-ring (bicyclic) bond motifs is 1. The number of amides is 1. The van der Waals surface area contributed by atoms with Crippen LogP contribution in [0.3, 0.4) is 0 Å². The summed E-state index contributed by atoms with van der Waals surface area (Å²) in [6.07, 6.45) is 4.79. The molecule has 3 aromatic rings. The number of carbonyl (C=O) groups excluding carboxylic acids is 1. The minimum atomic E-state index is -4.01. The summed E-state index contributed by atoms with van der Waals surface area (Å²) in [5.41, 5.74) is 1.40. The fourth-order valence-electron chi connectivity index (χ4n) is 5.51. The molecular weight excluding hydrogens is 665 g/mol. The quantitative estimate of drug-likeness (QED) is 0.300. The van der Waals surface area contributed by atoms with E-state index in [1.165, 1.54) is 23.2 Å². The van der Waals surface area contributed by atoms with Crippen molar-refractivity contribution in [2.75, 3.05) is 38.1 Å². The van der Waals surface area contributed by atoms with E-state index in [-0.39, 0.29) is 53.5 Å². The second kappa shape index (κ2) is 16.5. The Morgan fingerprint density at radius 3 is 2.60 bits per heavy atom. The second-order valence-electron chi connectivity index (χ2n) is 12.4. The number of aromatic nitrogens is 2. The highest BCUT2D eigenvalue weighted by molar-refractivity contribution is 7.92. The van der Waals surface area contributed by atoms with Crippen molar-refractivity contribution < 1.29 is 27.8 Å². The van der Waals surface area contributed by atoms with Crippen LogP contribution < -0.4 is 9.46 Å². The Morgan fingerprint density at radius 1 is 1.15 bits per heavy atom. The van der Waals surface area contributed by atoms with Crippen molar-refractivity contribution >= 4 is 44.8 Å². The molecule has 0 aliphatic carbocycles. The molecule has 4 atom stereocenters. The van der Waals surface area contributed by atoms with Crippen LogP contribution in [0.4, 0.5) is 5.69 Å². The van der Waals surface area contributed by atoms with Crippen LogP contribution in [-0.4, -0.2) is 90.4 Å². The third kappa shape index (κ3) is 10.1. The topological polar surface area (TPSA) is 126 Å². The van der Waals surface area contributed by atoms with E-state index < -0.39 is 16.1 Å². The van der Waals surface area contributed by atoms with Crippen molar-refractivity contribution in [2.24, 2.45) is 13.0 Å². The molecular formula is C33H45Cl2N5O6S. The van der Waals surface area contributed by atoms with Gasteiger partial charge in [-0.1, -0.05) is 36.2 Å². The number of likely N-dealkylation sites (N-methyl/N-ethyl adjacent to an activating group) is 1. The van der Waals surface area contributed by atoms with Gasteiger partial charge in [0.2, 0.25) is 0 Å². The fraction of sp³-hybridized carbons (Fsp3) is 0.515. The van der Waals surface area contributed by atoms with Crippen LogP contribution in [0.5, 0.6) is 5.75 Å². The number of sulfonamides is 1. The zero-order chi connectivity index (χ0) is 34.3. The lowest BCUT2D eigenvalue weighted by Gasteiger charge is -2.36. The first kappa shape index (κ1) is 37.0. The Kier molecular flexibility index (Phi) is 13.0. The molecule has 47 heavy (non-hydrogen) atoms. The van der Waals surface area contributed by atoms with Gasteiger partial charge in [0.25, 0.3) is 15.9 Å². The lowest BCUT2D eigenvalue weighted by Crippen LogP contribution is -2.47. The van der Waals surface area contributed by atoms with E-state index in [9.17, 15) is 18.3 Å². The number of ether oxygens (including phenoxy) is 2. The van der Waals surface area contributed by atoms with E-state index in [2.05, 4.69) is 14.6 Å². The third-order valence-electron chi connectivity index (χ3n) is 8.19. The van der Waals surface area contributed by atoms with E-state index in [1.54, 1.807) is 37.1 Å². The van der Waals surface area contributed by atoms with E-state index >= 15 is 0 Å². The second-order valence-corrected chi connectivity index (χ2v) is 14.9. The highest BCUT2D eigenvalue weighted by atomic mass is 35.5. The van der Waals surface area contributed by atoms with E-state index in [4.69, 9.17) is 32.7 Å². The number of hydrogen-bond donors (Lipinski definition) is 2. The Morgan fingerprint density at radius 2 is 1.91 bits per heavy atom. The molecule has 1 amide bonds. The molecule has 4 rings (SSSR count). The highest BCUT2D eigenvalue weighted by Crippen LogP contribution is 2.30. The molecule has 2 N–H and O–H groups in total. The highest BCUT2D eigenvalue weighted by Gasteiger charge is 2.31. The monoisotopic (exact) mass is 709 g/mol. The predicted octanol–water partition coefficient (Wildman–Crippen LogP) is 5.46. The van der Waals surface area contributed by atoms with Gasteiger partial charge in [0.1, 0.15) is 5.75 Å². The van der Waals surface area contributed by atoms with Gasteiger partial charge in [-0.15, -0.1) is 0 Å². The Balaban J connectivity index is 1.63. The van der Waals surface area contributed by atoms with E-state index in [0.717, 1.165) is 24.8 Å². The minimum absolute atomic E-state index is 0.124.